The summed E-state index contributed by atoms with van der Waals surface area (Å²) in [4.78, 5) is 38.4. The molecule has 1 atom stereocenters. The lowest BCUT2D eigenvalue weighted by molar-refractivity contribution is -0.117. The second-order valence-electron chi connectivity index (χ2n) is 6.48. The molecular weight excluding hydrogens is 330 g/mol. The maximum Gasteiger partial charge on any atom is 0.338 e. The smallest absolute Gasteiger partial charge is 0.338 e. The molecule has 0 aromatic heterocycles. The van der Waals surface area contributed by atoms with Crippen molar-refractivity contribution in [3.63, 3.8) is 0 Å². The molecule has 0 N–H and O–H groups in total. The van der Waals surface area contributed by atoms with Crippen molar-refractivity contribution in [2.24, 2.45) is 0 Å². The fourth-order valence-corrected chi connectivity index (χ4v) is 2.96. The molecule has 1 aliphatic rings. The first-order valence-corrected chi connectivity index (χ1v) is 8.68. The summed E-state index contributed by atoms with van der Waals surface area (Å²) in [6.45, 7) is 4.16. The first kappa shape index (κ1) is 17.9. The van der Waals surface area contributed by atoms with Gasteiger partial charge in [0.1, 0.15) is 0 Å². The predicted octanol–water partition coefficient (Wildman–Crippen LogP) is 3.55. The highest BCUT2D eigenvalue weighted by Crippen LogP contribution is 2.23. The number of hydrogen-bond donors (Lipinski definition) is 0. The Bertz CT molecular complexity index is 841. The van der Waals surface area contributed by atoms with Gasteiger partial charge in [0.05, 0.1) is 5.56 Å². The summed E-state index contributed by atoms with van der Waals surface area (Å²) in [6, 6.07) is 13.9. The van der Waals surface area contributed by atoms with E-state index in [1.165, 1.54) is 0 Å². The maximum absolute atomic E-state index is 12.4. The number of rotatable bonds is 5. The van der Waals surface area contributed by atoms with Crippen molar-refractivity contribution in [1.29, 1.82) is 0 Å². The third kappa shape index (κ3) is 3.82. The lowest BCUT2D eigenvalue weighted by atomic mass is 10.1. The number of anilines is 1. The van der Waals surface area contributed by atoms with Gasteiger partial charge in [-0.05, 0) is 38.5 Å². The van der Waals surface area contributed by atoms with Crippen molar-refractivity contribution in [1.82, 2.24) is 0 Å². The zero-order valence-corrected chi connectivity index (χ0v) is 14.9. The summed E-state index contributed by atoms with van der Waals surface area (Å²) in [5.41, 5.74) is 2.57. The largest absolute Gasteiger partial charge is 0.451 e. The molecule has 0 saturated carbocycles. The summed E-state index contributed by atoms with van der Waals surface area (Å²) in [7, 11) is 0. The molecule has 1 heterocycles. The van der Waals surface area contributed by atoms with Gasteiger partial charge >= 0.3 is 5.97 Å². The lowest BCUT2D eigenvalue weighted by Gasteiger charge is -2.17. The van der Waals surface area contributed by atoms with Gasteiger partial charge < -0.3 is 9.64 Å². The van der Waals surface area contributed by atoms with Gasteiger partial charge in [0.2, 0.25) is 11.7 Å². The first-order chi connectivity index (χ1) is 12.5. The number of Topliss-reactive ketones (excluding diaryl/α,β-unsaturated/α-hetero) is 1. The Morgan fingerprint density at radius 3 is 2.46 bits per heavy atom. The fraction of sp³-hybridized carbons (Fsp3) is 0.286. The Morgan fingerprint density at radius 2 is 1.81 bits per heavy atom. The van der Waals surface area contributed by atoms with E-state index in [0.29, 0.717) is 29.8 Å². The van der Waals surface area contributed by atoms with Crippen LogP contribution >= 0.6 is 0 Å². The van der Waals surface area contributed by atoms with Crippen molar-refractivity contribution < 1.29 is 19.1 Å². The minimum atomic E-state index is -0.887. The van der Waals surface area contributed by atoms with Gasteiger partial charge in [-0.15, -0.1) is 0 Å². The van der Waals surface area contributed by atoms with Crippen molar-refractivity contribution in [2.75, 3.05) is 11.4 Å². The first-order valence-electron chi connectivity index (χ1n) is 8.68. The molecule has 1 aliphatic heterocycles. The van der Waals surface area contributed by atoms with Gasteiger partial charge in [-0.1, -0.05) is 35.9 Å². The Hall–Kier alpha value is -2.95. The quantitative estimate of drug-likeness (QED) is 0.610. The average Bonchev–Trinajstić information content (AvgIpc) is 3.07. The molecule has 0 bridgehead atoms. The molecule has 0 aliphatic carbocycles. The molecule has 3 rings (SSSR count). The minimum Gasteiger partial charge on any atom is -0.451 e. The summed E-state index contributed by atoms with van der Waals surface area (Å²) in [5.74, 6) is -0.769. The van der Waals surface area contributed by atoms with E-state index in [1.54, 1.807) is 48.2 Å². The van der Waals surface area contributed by atoms with Crippen LogP contribution in [-0.2, 0) is 9.53 Å². The van der Waals surface area contributed by atoms with Crippen LogP contribution in [0.25, 0.3) is 0 Å². The molecule has 5 nitrogen and oxygen atoms in total. The van der Waals surface area contributed by atoms with E-state index in [0.717, 1.165) is 12.0 Å². The van der Waals surface area contributed by atoms with E-state index in [9.17, 15) is 14.4 Å². The molecule has 5 heteroatoms. The topological polar surface area (TPSA) is 63.7 Å². The number of ether oxygens (including phenoxy) is 1. The molecule has 26 heavy (non-hydrogen) atoms. The molecular formula is C21H21NO4. The Labute approximate surface area is 152 Å². The number of aryl methyl sites for hydroxylation is 1. The zero-order chi connectivity index (χ0) is 18.7. The van der Waals surface area contributed by atoms with Crippen molar-refractivity contribution in [2.45, 2.75) is 32.8 Å². The second-order valence-corrected chi connectivity index (χ2v) is 6.48. The van der Waals surface area contributed by atoms with Gasteiger partial charge in [-0.25, -0.2) is 4.79 Å². The van der Waals surface area contributed by atoms with Crippen LogP contribution in [0.15, 0.2) is 48.5 Å². The zero-order valence-electron chi connectivity index (χ0n) is 14.9. The molecule has 0 unspecified atom stereocenters. The summed E-state index contributed by atoms with van der Waals surface area (Å²) in [6.07, 6.45) is 0.453. The standard InChI is InChI=1S/C21H21NO4/c1-14-8-10-16(11-9-14)20(24)15(2)26-21(25)17-5-3-6-18(13-17)22-12-4-7-19(22)23/h3,5-6,8-11,13,15H,4,7,12H2,1-2H3/t15-/m0/s1. The van der Waals surface area contributed by atoms with E-state index in [1.807, 2.05) is 19.1 Å². The molecule has 0 radical (unpaired) electrons. The highest BCUT2D eigenvalue weighted by molar-refractivity contribution is 6.02. The number of nitrogens with zero attached hydrogens (tertiary/aromatic N) is 1. The fourth-order valence-electron chi connectivity index (χ4n) is 2.96. The lowest BCUT2D eigenvalue weighted by Crippen LogP contribution is -2.25. The molecule has 2 aromatic carbocycles. The summed E-state index contributed by atoms with van der Waals surface area (Å²) >= 11 is 0. The number of ketones is 1. The SMILES string of the molecule is Cc1ccc(C(=O)[C@H](C)OC(=O)c2cccc(N3CCCC3=O)c2)cc1. The predicted molar refractivity (Wildman–Crippen MR) is 98.4 cm³/mol. The normalized spacial score (nSPS) is 15.0. The number of benzene rings is 2. The maximum atomic E-state index is 12.4. The van der Waals surface area contributed by atoms with Crippen LogP contribution in [0.1, 0.15) is 46.0 Å². The average molecular weight is 351 g/mol. The molecule has 1 amide bonds. The number of hydrogen-bond acceptors (Lipinski definition) is 4. The van der Waals surface area contributed by atoms with Crippen LogP contribution in [0.2, 0.25) is 0 Å². The molecule has 1 saturated heterocycles. The van der Waals surface area contributed by atoms with Gasteiger partial charge in [0.25, 0.3) is 0 Å². The van der Waals surface area contributed by atoms with E-state index < -0.39 is 12.1 Å². The van der Waals surface area contributed by atoms with Crippen LogP contribution < -0.4 is 4.90 Å². The Balaban J connectivity index is 1.70. The highest BCUT2D eigenvalue weighted by Gasteiger charge is 2.24. The van der Waals surface area contributed by atoms with Crippen molar-refractivity contribution in [3.8, 4) is 0 Å². The van der Waals surface area contributed by atoms with Gasteiger partial charge in [-0.2, -0.15) is 0 Å². The molecule has 0 spiro atoms. The highest BCUT2D eigenvalue weighted by atomic mass is 16.5. The van der Waals surface area contributed by atoms with Crippen LogP contribution in [0.3, 0.4) is 0 Å². The number of amides is 1. The number of carbonyl (C=O) groups excluding carboxylic acids is 3. The van der Waals surface area contributed by atoms with Crippen LogP contribution in [-0.4, -0.2) is 30.3 Å². The van der Waals surface area contributed by atoms with Gasteiger partial charge in [-0.3, -0.25) is 9.59 Å². The molecule has 134 valence electrons. The Kier molecular flexibility index (Phi) is 5.16. The third-order valence-corrected chi connectivity index (χ3v) is 4.46. The monoisotopic (exact) mass is 351 g/mol. The summed E-state index contributed by atoms with van der Waals surface area (Å²) in [5, 5.41) is 0. The van der Waals surface area contributed by atoms with E-state index in [2.05, 4.69) is 0 Å². The van der Waals surface area contributed by atoms with Gasteiger partial charge in [0.15, 0.2) is 6.10 Å². The third-order valence-electron chi connectivity index (χ3n) is 4.46. The molecule has 2 aromatic rings. The van der Waals surface area contributed by atoms with Crippen LogP contribution in [0.4, 0.5) is 5.69 Å². The van der Waals surface area contributed by atoms with Crippen molar-refractivity contribution in [3.05, 3.63) is 65.2 Å². The minimum absolute atomic E-state index is 0.0541. The van der Waals surface area contributed by atoms with E-state index in [-0.39, 0.29) is 11.7 Å². The van der Waals surface area contributed by atoms with Crippen LogP contribution in [0, 0.1) is 6.92 Å². The van der Waals surface area contributed by atoms with Gasteiger partial charge in [0, 0.05) is 24.2 Å². The van der Waals surface area contributed by atoms with E-state index >= 15 is 0 Å². The number of esters is 1. The van der Waals surface area contributed by atoms with Crippen molar-refractivity contribution >= 4 is 23.3 Å². The Morgan fingerprint density at radius 1 is 1.08 bits per heavy atom. The molecule has 1 fully saturated rings. The second kappa shape index (κ2) is 7.52. The van der Waals surface area contributed by atoms with Crippen LogP contribution in [0.5, 0.6) is 0 Å². The van der Waals surface area contributed by atoms with E-state index in [4.69, 9.17) is 4.74 Å². The summed E-state index contributed by atoms with van der Waals surface area (Å²) < 4.78 is 5.34. The number of carbonyl (C=O) groups is 3.